The number of methoxy groups -OCH3 is 1. The van der Waals surface area contributed by atoms with E-state index in [1.54, 1.807) is 7.11 Å². The smallest absolute Gasteiger partial charge is 0.199 e. The lowest BCUT2D eigenvalue weighted by molar-refractivity contribution is -0.105. The molecule has 1 heterocycles. The van der Waals surface area contributed by atoms with E-state index in [1.165, 1.54) is 6.42 Å². The first-order chi connectivity index (χ1) is 7.79. The molecule has 1 aromatic rings. The van der Waals surface area contributed by atoms with Crippen molar-refractivity contribution < 1.29 is 14.2 Å². The van der Waals surface area contributed by atoms with Gasteiger partial charge in [0.05, 0.1) is 17.3 Å². The van der Waals surface area contributed by atoms with Crippen molar-refractivity contribution in [3.63, 3.8) is 0 Å². The predicted molar refractivity (Wildman–Crippen MR) is 69.9 cm³/mol. The lowest BCUT2D eigenvalue weighted by Crippen LogP contribution is -2.24. The Hall–Kier alpha value is -0.490. The van der Waals surface area contributed by atoms with Crippen LogP contribution >= 0.6 is 22.6 Å². The Morgan fingerprint density at radius 2 is 2.25 bits per heavy atom. The van der Waals surface area contributed by atoms with E-state index in [0.29, 0.717) is 0 Å². The molecular weight excluding hydrogens is 319 g/mol. The first-order valence-corrected chi connectivity index (χ1v) is 6.49. The molecular formula is C12H15IO3. The topological polar surface area (TPSA) is 27.7 Å². The van der Waals surface area contributed by atoms with Crippen molar-refractivity contribution in [1.29, 1.82) is 0 Å². The average Bonchev–Trinajstić information content (AvgIpc) is 2.33. The van der Waals surface area contributed by atoms with Gasteiger partial charge in [-0.25, -0.2) is 0 Å². The molecule has 1 fully saturated rings. The molecule has 3 nitrogen and oxygen atoms in total. The Labute approximate surface area is 109 Å². The van der Waals surface area contributed by atoms with E-state index in [4.69, 9.17) is 14.2 Å². The maximum Gasteiger partial charge on any atom is 0.199 e. The van der Waals surface area contributed by atoms with Crippen molar-refractivity contribution in [3.8, 4) is 11.5 Å². The second kappa shape index (κ2) is 5.72. The minimum Gasteiger partial charge on any atom is -0.496 e. The van der Waals surface area contributed by atoms with E-state index in [9.17, 15) is 0 Å². The van der Waals surface area contributed by atoms with Crippen molar-refractivity contribution in [2.24, 2.45) is 0 Å². The maximum atomic E-state index is 5.75. The van der Waals surface area contributed by atoms with Gasteiger partial charge in [-0.2, -0.15) is 0 Å². The summed E-state index contributed by atoms with van der Waals surface area (Å²) in [4.78, 5) is 0. The summed E-state index contributed by atoms with van der Waals surface area (Å²) in [6.07, 6.45) is 3.18. The highest BCUT2D eigenvalue weighted by Gasteiger charge is 2.15. The molecule has 1 aliphatic rings. The quantitative estimate of drug-likeness (QED) is 0.795. The molecule has 0 N–H and O–H groups in total. The Morgan fingerprint density at radius 3 is 2.94 bits per heavy atom. The number of hydrogen-bond acceptors (Lipinski definition) is 3. The molecule has 1 unspecified atom stereocenters. The molecule has 0 spiro atoms. The third-order valence-electron chi connectivity index (χ3n) is 2.53. The van der Waals surface area contributed by atoms with Crippen LogP contribution in [0.4, 0.5) is 0 Å². The summed E-state index contributed by atoms with van der Waals surface area (Å²) in [6.45, 7) is 0.798. The molecule has 16 heavy (non-hydrogen) atoms. The first kappa shape index (κ1) is 12.0. The summed E-state index contributed by atoms with van der Waals surface area (Å²) < 4.78 is 17.6. The molecule has 0 radical (unpaired) electrons. The van der Waals surface area contributed by atoms with Gasteiger partial charge in [0.25, 0.3) is 0 Å². The van der Waals surface area contributed by atoms with Crippen LogP contribution in [0.25, 0.3) is 0 Å². The summed E-state index contributed by atoms with van der Waals surface area (Å²) in [6, 6.07) is 5.83. The van der Waals surface area contributed by atoms with E-state index in [0.717, 1.165) is 34.5 Å². The van der Waals surface area contributed by atoms with Crippen LogP contribution in [0.15, 0.2) is 18.2 Å². The van der Waals surface area contributed by atoms with Crippen molar-refractivity contribution >= 4 is 22.6 Å². The van der Waals surface area contributed by atoms with E-state index in [2.05, 4.69) is 22.6 Å². The van der Waals surface area contributed by atoms with Gasteiger partial charge in [0.1, 0.15) is 11.5 Å². The van der Waals surface area contributed by atoms with Crippen LogP contribution in [-0.2, 0) is 4.74 Å². The van der Waals surface area contributed by atoms with Crippen LogP contribution in [0, 0.1) is 3.57 Å². The number of benzene rings is 1. The molecule has 0 aliphatic carbocycles. The lowest BCUT2D eigenvalue weighted by Gasteiger charge is -2.23. The van der Waals surface area contributed by atoms with Gasteiger partial charge in [0.2, 0.25) is 0 Å². The predicted octanol–water partition coefficient (Wildman–Crippen LogP) is 3.21. The van der Waals surface area contributed by atoms with Gasteiger partial charge in [0, 0.05) is 12.5 Å². The number of halogens is 1. The highest BCUT2D eigenvalue weighted by atomic mass is 127. The molecule has 1 atom stereocenters. The summed E-state index contributed by atoms with van der Waals surface area (Å²) in [5.74, 6) is 1.65. The molecule has 0 saturated carbocycles. The monoisotopic (exact) mass is 334 g/mol. The van der Waals surface area contributed by atoms with Gasteiger partial charge in [0.15, 0.2) is 6.29 Å². The minimum atomic E-state index is -0.0986. The minimum absolute atomic E-state index is 0.0986. The standard InChI is InChI=1S/C12H15IO3/c1-14-11-8-9(5-6-10(11)13)16-12-4-2-3-7-15-12/h5-6,8,12H,2-4,7H2,1H3. The van der Waals surface area contributed by atoms with E-state index in [1.807, 2.05) is 18.2 Å². The van der Waals surface area contributed by atoms with Crippen LogP contribution < -0.4 is 9.47 Å². The van der Waals surface area contributed by atoms with Crippen molar-refractivity contribution in [2.75, 3.05) is 13.7 Å². The van der Waals surface area contributed by atoms with Crippen molar-refractivity contribution in [3.05, 3.63) is 21.8 Å². The highest BCUT2D eigenvalue weighted by Crippen LogP contribution is 2.27. The third kappa shape index (κ3) is 3.01. The number of rotatable bonds is 3. The molecule has 0 bridgehead atoms. The zero-order valence-electron chi connectivity index (χ0n) is 9.24. The summed E-state index contributed by atoms with van der Waals surface area (Å²) in [5.41, 5.74) is 0. The fourth-order valence-corrected chi connectivity index (χ4v) is 2.23. The fraction of sp³-hybridized carbons (Fsp3) is 0.500. The SMILES string of the molecule is COc1cc(OC2CCCCO2)ccc1I. The Balaban J connectivity index is 2.03. The van der Waals surface area contributed by atoms with Gasteiger partial charge < -0.3 is 14.2 Å². The molecule has 0 aromatic heterocycles. The second-order valence-corrected chi connectivity index (χ2v) is 4.87. The average molecular weight is 334 g/mol. The van der Waals surface area contributed by atoms with Gasteiger partial charge in [-0.15, -0.1) is 0 Å². The zero-order chi connectivity index (χ0) is 11.4. The van der Waals surface area contributed by atoms with E-state index >= 15 is 0 Å². The van der Waals surface area contributed by atoms with Crippen LogP contribution in [-0.4, -0.2) is 20.0 Å². The largest absolute Gasteiger partial charge is 0.496 e. The molecule has 1 saturated heterocycles. The number of ether oxygens (including phenoxy) is 3. The van der Waals surface area contributed by atoms with Gasteiger partial charge in [-0.3, -0.25) is 0 Å². The van der Waals surface area contributed by atoms with E-state index in [-0.39, 0.29) is 6.29 Å². The van der Waals surface area contributed by atoms with Gasteiger partial charge in [-0.05, 0) is 47.6 Å². The van der Waals surface area contributed by atoms with Crippen LogP contribution in [0.1, 0.15) is 19.3 Å². The van der Waals surface area contributed by atoms with Gasteiger partial charge in [-0.1, -0.05) is 0 Å². The summed E-state index contributed by atoms with van der Waals surface area (Å²) >= 11 is 2.24. The molecule has 2 rings (SSSR count). The normalized spacial score (nSPS) is 20.5. The molecule has 0 amide bonds. The molecule has 4 heteroatoms. The zero-order valence-corrected chi connectivity index (χ0v) is 11.4. The first-order valence-electron chi connectivity index (χ1n) is 5.41. The second-order valence-electron chi connectivity index (χ2n) is 3.71. The van der Waals surface area contributed by atoms with Crippen LogP contribution in [0.3, 0.4) is 0 Å². The fourth-order valence-electron chi connectivity index (χ4n) is 1.67. The molecule has 88 valence electrons. The Kier molecular flexibility index (Phi) is 4.29. The van der Waals surface area contributed by atoms with Crippen LogP contribution in [0.2, 0.25) is 0 Å². The third-order valence-corrected chi connectivity index (χ3v) is 3.42. The van der Waals surface area contributed by atoms with Gasteiger partial charge >= 0.3 is 0 Å². The highest BCUT2D eigenvalue weighted by molar-refractivity contribution is 14.1. The summed E-state index contributed by atoms with van der Waals surface area (Å²) in [7, 11) is 1.67. The Bertz CT molecular complexity index is 348. The van der Waals surface area contributed by atoms with E-state index < -0.39 is 0 Å². The Morgan fingerprint density at radius 1 is 1.38 bits per heavy atom. The van der Waals surface area contributed by atoms with Crippen molar-refractivity contribution in [2.45, 2.75) is 25.6 Å². The summed E-state index contributed by atoms with van der Waals surface area (Å²) in [5, 5.41) is 0. The number of hydrogen-bond donors (Lipinski definition) is 0. The molecule has 1 aromatic carbocycles. The molecule has 1 aliphatic heterocycles. The lowest BCUT2D eigenvalue weighted by atomic mass is 10.2. The van der Waals surface area contributed by atoms with Crippen molar-refractivity contribution in [1.82, 2.24) is 0 Å². The van der Waals surface area contributed by atoms with Crippen LogP contribution in [0.5, 0.6) is 11.5 Å². The maximum absolute atomic E-state index is 5.75.